The van der Waals surface area contributed by atoms with Crippen LogP contribution in [0, 0.1) is 5.41 Å². The van der Waals surface area contributed by atoms with E-state index in [2.05, 4.69) is 10.1 Å². The van der Waals surface area contributed by atoms with E-state index in [0.29, 0.717) is 27.3 Å². The Bertz CT molecular complexity index is 1330. The number of carbonyl (C=O) groups is 2. The number of amides is 2. The molecule has 1 atom stereocenters. The highest BCUT2D eigenvalue weighted by atomic mass is 32.2. The van der Waals surface area contributed by atoms with Crippen molar-refractivity contribution in [3.8, 4) is 11.5 Å². The van der Waals surface area contributed by atoms with Crippen LogP contribution in [-0.4, -0.2) is 58.0 Å². The molecule has 9 nitrogen and oxygen atoms in total. The minimum Gasteiger partial charge on any atom is -0.493 e. The number of hydrazone groups is 1. The second-order valence-electron chi connectivity index (χ2n) is 8.86. The maximum Gasteiger partial charge on any atom is 0.283 e. The Kier molecular flexibility index (Phi) is 7.09. The zero-order valence-electron chi connectivity index (χ0n) is 20.6. The van der Waals surface area contributed by atoms with Crippen LogP contribution in [0.15, 0.2) is 64.2 Å². The highest BCUT2D eigenvalue weighted by Crippen LogP contribution is 2.34. The lowest BCUT2D eigenvalue weighted by molar-refractivity contribution is -0.128. The van der Waals surface area contributed by atoms with Gasteiger partial charge in [-0.05, 0) is 60.9 Å². The first-order chi connectivity index (χ1) is 17.9. The number of amidine groups is 2. The molecule has 0 saturated carbocycles. The molecule has 37 heavy (non-hydrogen) atoms. The quantitative estimate of drug-likeness (QED) is 0.543. The summed E-state index contributed by atoms with van der Waals surface area (Å²) in [7, 11) is 1.55. The summed E-state index contributed by atoms with van der Waals surface area (Å²) in [6.07, 6.45) is 3.58. The van der Waals surface area contributed by atoms with Gasteiger partial charge in [0.15, 0.2) is 17.3 Å². The summed E-state index contributed by atoms with van der Waals surface area (Å²) < 4.78 is 11.6. The molecule has 3 aliphatic rings. The third-order valence-corrected chi connectivity index (χ3v) is 7.24. The Morgan fingerprint density at radius 3 is 2.65 bits per heavy atom. The first-order valence-corrected chi connectivity index (χ1v) is 12.9. The van der Waals surface area contributed by atoms with Crippen molar-refractivity contribution in [3.63, 3.8) is 0 Å². The molecule has 0 bridgehead atoms. The number of nitrogens with zero attached hydrogens (tertiary/aromatic N) is 4. The molecule has 1 saturated heterocycles. The van der Waals surface area contributed by atoms with E-state index in [1.165, 1.54) is 5.01 Å². The molecular formula is C27H27N5O4S. The van der Waals surface area contributed by atoms with Crippen molar-refractivity contribution < 1.29 is 19.1 Å². The number of fused-ring (bicyclic) bond motifs is 1. The normalized spacial score (nSPS) is 19.0. The summed E-state index contributed by atoms with van der Waals surface area (Å²) >= 11 is 1.16. The van der Waals surface area contributed by atoms with Crippen LogP contribution in [0.5, 0.6) is 11.5 Å². The van der Waals surface area contributed by atoms with Crippen molar-refractivity contribution in [1.29, 1.82) is 5.41 Å². The van der Waals surface area contributed by atoms with E-state index in [4.69, 9.17) is 14.9 Å². The predicted octanol–water partition coefficient (Wildman–Crippen LogP) is 4.47. The number of carbonyl (C=O) groups excluding carboxylic acids is 2. The number of thioether (sulfide) groups is 1. The van der Waals surface area contributed by atoms with Crippen LogP contribution in [0.4, 0.5) is 0 Å². The molecule has 3 heterocycles. The molecule has 0 aromatic heterocycles. The molecule has 2 aromatic carbocycles. The summed E-state index contributed by atoms with van der Waals surface area (Å²) in [6, 6.07) is 15.2. The molecule has 190 valence electrons. The van der Waals surface area contributed by atoms with Crippen molar-refractivity contribution in [2.24, 2.45) is 10.1 Å². The average Bonchev–Trinajstić information content (AvgIpc) is 3.58. The van der Waals surface area contributed by atoms with Crippen molar-refractivity contribution in [1.82, 2.24) is 9.91 Å². The van der Waals surface area contributed by atoms with Crippen LogP contribution in [0.3, 0.4) is 0 Å². The fraction of sp³-hybridized carbons (Fsp3) is 0.296. The number of hydrogen-bond acceptors (Lipinski definition) is 7. The van der Waals surface area contributed by atoms with Crippen molar-refractivity contribution in [2.45, 2.75) is 32.3 Å². The lowest BCUT2D eigenvalue weighted by Crippen LogP contribution is -2.35. The van der Waals surface area contributed by atoms with Gasteiger partial charge in [-0.25, -0.2) is 0 Å². The lowest BCUT2D eigenvalue weighted by atomic mass is 10.1. The van der Waals surface area contributed by atoms with Gasteiger partial charge in [-0.15, -0.1) is 0 Å². The van der Waals surface area contributed by atoms with Gasteiger partial charge >= 0.3 is 0 Å². The summed E-state index contributed by atoms with van der Waals surface area (Å²) in [5.41, 5.74) is 1.80. The van der Waals surface area contributed by atoms with Gasteiger partial charge in [-0.3, -0.25) is 15.0 Å². The molecule has 5 rings (SSSR count). The van der Waals surface area contributed by atoms with Gasteiger partial charge in [0.25, 0.3) is 5.91 Å². The van der Waals surface area contributed by atoms with E-state index >= 15 is 0 Å². The van der Waals surface area contributed by atoms with Crippen LogP contribution in [0.1, 0.15) is 43.4 Å². The standard InChI is InChI=1S/C27H27N5O4S/c1-17(19-8-4-3-5-9-19)36-21-11-10-18(15-22(21)35-2)14-20-25(28)32-27(29-26(20)34)37-23(30-32)16-24(33)31-12-6-7-13-31/h3-5,8-11,14-15,17,28H,6-7,12-13,16H2,1-2H3/b20-14-,28-25?. The summed E-state index contributed by atoms with van der Waals surface area (Å²) in [4.78, 5) is 31.3. The molecule has 3 aliphatic heterocycles. The minimum absolute atomic E-state index is 0.00815. The number of hydrogen-bond donors (Lipinski definition) is 1. The smallest absolute Gasteiger partial charge is 0.283 e. The second-order valence-corrected chi connectivity index (χ2v) is 9.90. The first kappa shape index (κ1) is 24.8. The highest BCUT2D eigenvalue weighted by molar-refractivity contribution is 8.27. The summed E-state index contributed by atoms with van der Waals surface area (Å²) in [5, 5.41) is 15.2. The Hall–Kier alpha value is -3.92. The first-order valence-electron chi connectivity index (χ1n) is 12.1. The number of rotatable bonds is 7. The maximum absolute atomic E-state index is 12.8. The zero-order valence-corrected chi connectivity index (χ0v) is 21.5. The van der Waals surface area contributed by atoms with Crippen LogP contribution in [-0.2, 0) is 9.59 Å². The largest absolute Gasteiger partial charge is 0.493 e. The number of nitrogens with one attached hydrogen (secondary N) is 1. The van der Waals surface area contributed by atoms with Crippen LogP contribution >= 0.6 is 11.8 Å². The Balaban J connectivity index is 1.33. The fourth-order valence-electron chi connectivity index (χ4n) is 4.33. The van der Waals surface area contributed by atoms with E-state index in [9.17, 15) is 9.59 Å². The molecule has 1 fully saturated rings. The number of aliphatic imine (C=N–C) groups is 1. The van der Waals surface area contributed by atoms with Crippen molar-refractivity contribution >= 4 is 45.7 Å². The molecule has 1 N–H and O–H groups in total. The summed E-state index contributed by atoms with van der Waals surface area (Å²) in [5.74, 6) is 0.479. The zero-order chi connectivity index (χ0) is 25.9. The Morgan fingerprint density at radius 1 is 1.16 bits per heavy atom. The molecule has 10 heteroatoms. The van der Waals surface area contributed by atoms with Gasteiger partial charge in [0, 0.05) is 13.1 Å². The van der Waals surface area contributed by atoms with Gasteiger partial charge < -0.3 is 14.4 Å². The van der Waals surface area contributed by atoms with Crippen molar-refractivity contribution in [2.75, 3.05) is 20.2 Å². The van der Waals surface area contributed by atoms with Crippen molar-refractivity contribution in [3.05, 3.63) is 65.2 Å². The van der Waals surface area contributed by atoms with Gasteiger partial charge in [-0.1, -0.05) is 36.4 Å². The van der Waals surface area contributed by atoms with Gasteiger partial charge in [0.05, 0.1) is 19.1 Å². The van der Waals surface area contributed by atoms with Gasteiger partial charge in [0.1, 0.15) is 11.1 Å². The third-order valence-electron chi connectivity index (χ3n) is 6.33. The molecule has 1 unspecified atom stereocenters. The maximum atomic E-state index is 12.8. The summed E-state index contributed by atoms with van der Waals surface area (Å²) in [6.45, 7) is 3.49. The van der Waals surface area contributed by atoms with Crippen LogP contribution in [0.25, 0.3) is 6.08 Å². The molecule has 2 aromatic rings. The molecule has 0 spiro atoms. The topological polar surface area (TPSA) is 108 Å². The number of methoxy groups -OCH3 is 1. The fourth-order valence-corrected chi connectivity index (χ4v) is 5.21. The van der Waals surface area contributed by atoms with Crippen LogP contribution < -0.4 is 9.47 Å². The SMILES string of the molecule is COc1cc(/C=C2/C(=N)N3N=C(CC(=O)N4CCCC4)SC3=NC2=O)ccc1OC(C)c1ccccc1. The number of benzene rings is 2. The monoisotopic (exact) mass is 517 g/mol. The van der Waals surface area contributed by atoms with E-state index in [1.54, 1.807) is 31.4 Å². The molecule has 2 amide bonds. The predicted molar refractivity (Wildman–Crippen MR) is 144 cm³/mol. The highest BCUT2D eigenvalue weighted by Gasteiger charge is 2.36. The third kappa shape index (κ3) is 5.29. The van der Waals surface area contributed by atoms with Gasteiger partial charge in [0.2, 0.25) is 11.1 Å². The second kappa shape index (κ2) is 10.6. The Labute approximate surface area is 219 Å². The number of likely N-dealkylation sites (tertiary alicyclic amines) is 1. The van der Waals surface area contributed by atoms with Crippen LogP contribution in [0.2, 0.25) is 0 Å². The number of ether oxygens (including phenoxy) is 2. The Morgan fingerprint density at radius 2 is 1.92 bits per heavy atom. The van der Waals surface area contributed by atoms with E-state index in [-0.39, 0.29) is 29.8 Å². The lowest BCUT2D eigenvalue weighted by Gasteiger charge is -2.20. The minimum atomic E-state index is -0.525. The van der Waals surface area contributed by atoms with Gasteiger partial charge in [-0.2, -0.15) is 15.1 Å². The molecular weight excluding hydrogens is 490 g/mol. The molecule has 0 radical (unpaired) electrons. The average molecular weight is 518 g/mol. The van der Waals surface area contributed by atoms with E-state index < -0.39 is 5.91 Å². The van der Waals surface area contributed by atoms with E-state index in [1.807, 2.05) is 42.2 Å². The van der Waals surface area contributed by atoms with E-state index in [0.717, 1.165) is 43.3 Å². The molecule has 0 aliphatic carbocycles.